The Balaban J connectivity index is -0.0000000757. The van der Waals surface area contributed by atoms with E-state index in [1.54, 1.807) is 19.9 Å². The Morgan fingerprint density at radius 3 is 1.22 bits per heavy atom. The van der Waals surface area contributed by atoms with Gasteiger partial charge in [-0.05, 0) is 20.3 Å². The maximum absolute atomic E-state index is 9.86. The molecule has 0 spiro atoms. The Labute approximate surface area is 159 Å². The summed E-state index contributed by atoms with van der Waals surface area (Å²) in [6, 6.07) is 0. The molecule has 0 aliphatic rings. The first-order chi connectivity index (χ1) is 12.4. The minimum absolute atomic E-state index is 0.125. The van der Waals surface area contributed by atoms with Crippen molar-refractivity contribution in [3.8, 4) is 0 Å². The average molecular weight is 396 g/mol. The zero-order valence-corrected chi connectivity index (χ0v) is 15.9. The molecule has 10 heteroatoms. The SMILES string of the molecule is C=CC(=O)O.C=CC(=O)O.CC=C(C)C(=O)O.CCCC(O)O.OCCO. The van der Waals surface area contributed by atoms with Crippen LogP contribution in [0.3, 0.4) is 0 Å². The second-order valence-corrected chi connectivity index (χ2v) is 4.08. The number of allylic oxidation sites excluding steroid dienone is 1. The number of hydrogen-bond acceptors (Lipinski definition) is 7. The fourth-order valence-electron chi connectivity index (χ4n) is 0.382. The van der Waals surface area contributed by atoms with Crippen molar-refractivity contribution in [2.75, 3.05) is 13.2 Å². The topological polar surface area (TPSA) is 193 Å². The lowest BCUT2D eigenvalue weighted by Crippen LogP contribution is -2.01. The summed E-state index contributed by atoms with van der Waals surface area (Å²) >= 11 is 0. The molecule has 10 nitrogen and oxygen atoms in total. The number of carboxylic acid groups (broad SMARTS) is 3. The van der Waals surface area contributed by atoms with Gasteiger partial charge in [0.15, 0.2) is 6.29 Å². The molecule has 0 bridgehead atoms. The lowest BCUT2D eigenvalue weighted by atomic mass is 10.3. The molecule has 0 heterocycles. The molecule has 0 radical (unpaired) electrons. The second kappa shape index (κ2) is 31.3. The van der Waals surface area contributed by atoms with Gasteiger partial charge in [-0.3, -0.25) is 0 Å². The smallest absolute Gasteiger partial charge is 0.330 e. The molecule has 0 amide bonds. The number of aliphatic hydroxyl groups is 4. The molecule has 0 aliphatic heterocycles. The van der Waals surface area contributed by atoms with Gasteiger partial charge in [-0.25, -0.2) is 14.4 Å². The fraction of sp³-hybridized carbons (Fsp3) is 0.471. The number of aliphatic hydroxyl groups excluding tert-OH is 3. The van der Waals surface area contributed by atoms with E-state index in [4.69, 9.17) is 35.7 Å². The van der Waals surface area contributed by atoms with Crippen molar-refractivity contribution < 1.29 is 50.1 Å². The van der Waals surface area contributed by atoms with Crippen LogP contribution in [0.1, 0.15) is 33.6 Å². The predicted molar refractivity (Wildman–Crippen MR) is 100 cm³/mol. The lowest BCUT2D eigenvalue weighted by Gasteiger charge is -1.94. The Morgan fingerprint density at radius 1 is 0.926 bits per heavy atom. The summed E-state index contributed by atoms with van der Waals surface area (Å²) < 4.78 is 0. The van der Waals surface area contributed by atoms with E-state index in [1.165, 1.54) is 0 Å². The molecule has 27 heavy (non-hydrogen) atoms. The Kier molecular flexibility index (Phi) is 41.2. The van der Waals surface area contributed by atoms with Gasteiger partial charge in [0.2, 0.25) is 0 Å². The molecule has 0 saturated carbocycles. The molecule has 0 aliphatic carbocycles. The molecule has 7 N–H and O–H groups in total. The fourth-order valence-corrected chi connectivity index (χ4v) is 0.382. The van der Waals surface area contributed by atoms with E-state index in [9.17, 15) is 14.4 Å². The van der Waals surface area contributed by atoms with Crippen LogP contribution in [0.15, 0.2) is 37.0 Å². The molecule has 0 rings (SSSR count). The van der Waals surface area contributed by atoms with Crippen LogP contribution in [0, 0.1) is 0 Å². The van der Waals surface area contributed by atoms with E-state index < -0.39 is 24.2 Å². The number of hydrogen-bond donors (Lipinski definition) is 7. The monoisotopic (exact) mass is 396 g/mol. The summed E-state index contributed by atoms with van der Waals surface area (Å²) in [5, 5.41) is 54.8. The van der Waals surface area contributed by atoms with E-state index in [0.29, 0.717) is 12.0 Å². The van der Waals surface area contributed by atoms with Crippen molar-refractivity contribution in [3.63, 3.8) is 0 Å². The maximum Gasteiger partial charge on any atom is 0.330 e. The van der Waals surface area contributed by atoms with Gasteiger partial charge in [-0.15, -0.1) is 0 Å². The average Bonchev–Trinajstić information content (AvgIpc) is 2.62. The standard InChI is InChI=1S/C5H8O2.C4H10O2.2C3H4O2.C2H6O2/c1-3-4(2)5(6)7;1-2-3-4(5)6;2*1-2-3(4)5;3-1-2-4/h3H,1-2H3,(H,6,7);4-6H,2-3H2,1H3;2*2H,1H2,(H,4,5);3-4H,1-2H2. The van der Waals surface area contributed by atoms with Gasteiger partial charge in [0.1, 0.15) is 0 Å². The number of rotatable bonds is 6. The summed E-state index contributed by atoms with van der Waals surface area (Å²) in [7, 11) is 0. The maximum atomic E-state index is 9.86. The van der Waals surface area contributed by atoms with E-state index in [0.717, 1.165) is 18.6 Å². The van der Waals surface area contributed by atoms with Crippen LogP contribution < -0.4 is 0 Å². The van der Waals surface area contributed by atoms with Crippen LogP contribution in [0.5, 0.6) is 0 Å². The highest BCUT2D eigenvalue weighted by Crippen LogP contribution is 1.88. The molecule has 0 fully saturated rings. The minimum Gasteiger partial charge on any atom is -0.478 e. The summed E-state index contributed by atoms with van der Waals surface area (Å²) in [5.41, 5.74) is 0.389. The Morgan fingerprint density at radius 2 is 1.22 bits per heavy atom. The highest BCUT2D eigenvalue weighted by molar-refractivity contribution is 5.85. The zero-order chi connectivity index (χ0) is 22.8. The first-order valence-electron chi connectivity index (χ1n) is 7.56. The molecule has 0 aromatic carbocycles. The van der Waals surface area contributed by atoms with E-state index in [2.05, 4.69) is 13.2 Å². The summed E-state index contributed by atoms with van der Waals surface area (Å²) in [6.45, 7) is 10.8. The van der Waals surface area contributed by atoms with Crippen LogP contribution in [0.2, 0.25) is 0 Å². The molecule has 0 aromatic heterocycles. The van der Waals surface area contributed by atoms with Gasteiger partial charge in [0.25, 0.3) is 0 Å². The first kappa shape index (κ1) is 35.6. The van der Waals surface area contributed by atoms with Crippen molar-refractivity contribution in [2.24, 2.45) is 0 Å². The van der Waals surface area contributed by atoms with E-state index in [1.807, 2.05) is 6.92 Å². The quantitative estimate of drug-likeness (QED) is 0.247. The molecular weight excluding hydrogens is 364 g/mol. The number of aliphatic carboxylic acids is 3. The molecular formula is C17H32O10. The highest BCUT2D eigenvalue weighted by Gasteiger charge is 1.93. The molecule has 0 unspecified atom stereocenters. The van der Waals surface area contributed by atoms with Gasteiger partial charge in [-0.2, -0.15) is 0 Å². The highest BCUT2D eigenvalue weighted by atomic mass is 16.5. The number of carboxylic acids is 3. The van der Waals surface area contributed by atoms with Crippen LogP contribution >= 0.6 is 0 Å². The third-order valence-corrected chi connectivity index (χ3v) is 1.77. The third kappa shape index (κ3) is 82.2. The normalized spacial score (nSPS) is 8.67. The van der Waals surface area contributed by atoms with Crippen LogP contribution in [0.25, 0.3) is 0 Å². The van der Waals surface area contributed by atoms with Gasteiger partial charge in [0.05, 0.1) is 13.2 Å². The van der Waals surface area contributed by atoms with Crippen molar-refractivity contribution in [1.82, 2.24) is 0 Å². The van der Waals surface area contributed by atoms with Crippen molar-refractivity contribution in [3.05, 3.63) is 37.0 Å². The number of carbonyl (C=O) groups is 3. The molecule has 0 aromatic rings. The second-order valence-electron chi connectivity index (χ2n) is 4.08. The zero-order valence-electron chi connectivity index (χ0n) is 15.9. The van der Waals surface area contributed by atoms with Gasteiger partial charge in [0, 0.05) is 17.7 Å². The van der Waals surface area contributed by atoms with Gasteiger partial charge in [-0.1, -0.05) is 32.6 Å². The van der Waals surface area contributed by atoms with Crippen molar-refractivity contribution in [2.45, 2.75) is 39.9 Å². The molecule has 0 atom stereocenters. The van der Waals surface area contributed by atoms with Gasteiger partial charge < -0.3 is 35.7 Å². The minimum atomic E-state index is -1.10. The van der Waals surface area contributed by atoms with Crippen molar-refractivity contribution in [1.29, 1.82) is 0 Å². The van der Waals surface area contributed by atoms with E-state index in [-0.39, 0.29) is 13.2 Å². The van der Waals surface area contributed by atoms with Gasteiger partial charge >= 0.3 is 17.9 Å². The summed E-state index contributed by atoms with van der Waals surface area (Å²) in [5.74, 6) is -2.81. The molecule has 0 saturated heterocycles. The Bertz CT molecular complexity index is 394. The summed E-state index contributed by atoms with van der Waals surface area (Å²) in [4.78, 5) is 28.4. The molecule has 160 valence electrons. The lowest BCUT2D eigenvalue weighted by molar-refractivity contribution is -0.133. The largest absolute Gasteiger partial charge is 0.478 e. The van der Waals surface area contributed by atoms with Crippen LogP contribution in [-0.2, 0) is 14.4 Å². The Hall–Kier alpha value is -2.53. The van der Waals surface area contributed by atoms with Crippen LogP contribution in [0.4, 0.5) is 0 Å². The summed E-state index contributed by atoms with van der Waals surface area (Å²) in [6.07, 6.45) is 3.44. The third-order valence-electron chi connectivity index (χ3n) is 1.77. The van der Waals surface area contributed by atoms with Crippen molar-refractivity contribution >= 4 is 17.9 Å². The first-order valence-corrected chi connectivity index (χ1v) is 7.56. The predicted octanol–water partition coefficient (Wildman–Crippen LogP) is 0.619. The van der Waals surface area contributed by atoms with E-state index >= 15 is 0 Å². The van der Waals surface area contributed by atoms with Crippen LogP contribution in [-0.4, -0.2) is 73.2 Å².